The number of unbranched alkanes of at least 4 members (excludes halogenated alkanes) is 2. The Morgan fingerprint density at radius 2 is 1.14 bits per heavy atom. The number of aryl methyl sites for hydroxylation is 2. The Bertz CT molecular complexity index is 3680. The fraction of sp³-hybridized carbons (Fsp3) is 0.347. The first-order valence-corrected chi connectivity index (χ1v) is 31.4. The lowest BCUT2D eigenvalue weighted by atomic mass is 9.81. The number of azo groups is 1. The summed E-state index contributed by atoms with van der Waals surface area (Å²) in [5.41, 5.74) is 14.9. The summed E-state index contributed by atoms with van der Waals surface area (Å²) in [6.07, 6.45) is 18.4. The molecule has 6 aromatic carbocycles. The molecule has 0 aliphatic carbocycles. The summed E-state index contributed by atoms with van der Waals surface area (Å²) in [6, 6.07) is 49.0. The summed E-state index contributed by atoms with van der Waals surface area (Å²) in [5.74, 6) is 6.67. The molecule has 12 nitrogen and oxygen atoms in total. The molecule has 4 amide bonds. The Hall–Kier alpha value is -8.95. The minimum Gasteiger partial charge on any atom is -0.356 e. The number of fused-ring (bicyclic) bond motifs is 4. The Morgan fingerprint density at radius 3 is 1.82 bits per heavy atom. The molecule has 1 saturated heterocycles. The van der Waals surface area contributed by atoms with Gasteiger partial charge in [-0.2, -0.15) is 14.8 Å². The average Bonchev–Trinajstić information content (AvgIpc) is 1.67. The monoisotopic (exact) mass is 1160 g/mol. The lowest BCUT2D eigenvalue weighted by Crippen LogP contribution is -2.50. The second-order valence-electron chi connectivity index (χ2n) is 24.2. The van der Waals surface area contributed by atoms with E-state index in [4.69, 9.17) is 0 Å². The van der Waals surface area contributed by atoms with Crippen LogP contribution in [-0.2, 0) is 49.4 Å². The van der Waals surface area contributed by atoms with E-state index >= 15 is 0 Å². The molecule has 0 unspecified atom stereocenters. The van der Waals surface area contributed by atoms with Crippen LogP contribution in [0.2, 0.25) is 0 Å². The fourth-order valence-corrected chi connectivity index (χ4v) is 12.7. The van der Waals surface area contributed by atoms with Crippen molar-refractivity contribution in [1.82, 2.24) is 15.1 Å². The zero-order chi connectivity index (χ0) is 60.8. The SMILES string of the molecule is CC[N+]1=C(/C=C/C=C/C=C2\N(CCCCCC(=O)N3CCN(C(=O)CCCc4ccc(N=Nc5ccc(CCCC(=O)NCCC(=O)N6Cc7ccccc7C#Cc7ccccc76)cc5)cc4)CC3)c3ccccc3C2(C)C)C(C)(C)c2ccccc21. The summed E-state index contributed by atoms with van der Waals surface area (Å²) >= 11 is 0. The number of allylic oxidation sites excluding steroid dienone is 6. The van der Waals surface area contributed by atoms with Gasteiger partial charge in [-0.1, -0.05) is 141 Å². The van der Waals surface area contributed by atoms with Crippen LogP contribution in [0.25, 0.3) is 0 Å². The third-order valence-electron chi connectivity index (χ3n) is 17.6. The summed E-state index contributed by atoms with van der Waals surface area (Å²) in [7, 11) is 0. The molecule has 4 aliphatic heterocycles. The van der Waals surface area contributed by atoms with Crippen molar-refractivity contribution in [2.45, 2.75) is 123 Å². The second-order valence-corrected chi connectivity index (χ2v) is 24.2. The van der Waals surface area contributed by atoms with Gasteiger partial charge in [-0.25, -0.2) is 0 Å². The van der Waals surface area contributed by atoms with Gasteiger partial charge in [0.15, 0.2) is 5.71 Å². The number of piperazine rings is 1. The van der Waals surface area contributed by atoms with Gasteiger partial charge in [-0.05, 0) is 136 Å². The number of benzene rings is 6. The zero-order valence-electron chi connectivity index (χ0n) is 51.4. The van der Waals surface area contributed by atoms with Crippen LogP contribution in [0.15, 0.2) is 192 Å². The number of rotatable bonds is 23. The summed E-state index contributed by atoms with van der Waals surface area (Å²) in [4.78, 5) is 61.0. The van der Waals surface area contributed by atoms with Gasteiger partial charge in [0.1, 0.15) is 6.54 Å². The van der Waals surface area contributed by atoms with Crippen molar-refractivity contribution in [1.29, 1.82) is 0 Å². The van der Waals surface area contributed by atoms with Gasteiger partial charge in [-0.15, -0.1) is 0 Å². The number of para-hydroxylation sites is 3. The van der Waals surface area contributed by atoms with E-state index in [0.717, 1.165) is 96.5 Å². The minimum absolute atomic E-state index is 0.0604. The molecule has 1 N–H and O–H groups in total. The fourth-order valence-electron chi connectivity index (χ4n) is 12.7. The van der Waals surface area contributed by atoms with E-state index in [2.05, 4.69) is 150 Å². The van der Waals surface area contributed by atoms with Crippen LogP contribution in [-0.4, -0.2) is 89.5 Å². The molecule has 0 radical (unpaired) electrons. The number of nitrogens with one attached hydrogen (secondary N) is 1. The van der Waals surface area contributed by atoms with Crippen molar-refractivity contribution in [3.8, 4) is 11.8 Å². The van der Waals surface area contributed by atoms with Gasteiger partial charge < -0.3 is 24.9 Å². The number of amides is 4. The van der Waals surface area contributed by atoms with Gasteiger partial charge in [0.25, 0.3) is 0 Å². The maximum absolute atomic E-state index is 13.5. The van der Waals surface area contributed by atoms with Gasteiger partial charge in [0.05, 0.1) is 29.0 Å². The smallest absolute Gasteiger partial charge is 0.229 e. The van der Waals surface area contributed by atoms with E-state index < -0.39 is 0 Å². The number of carbonyl (C=O) groups is 4. The number of hydrogen-bond donors (Lipinski definition) is 1. The second kappa shape index (κ2) is 28.5. The highest BCUT2D eigenvalue weighted by molar-refractivity contribution is 6.03. The first-order valence-electron chi connectivity index (χ1n) is 31.4. The van der Waals surface area contributed by atoms with Gasteiger partial charge >= 0.3 is 0 Å². The van der Waals surface area contributed by atoms with Crippen LogP contribution < -0.4 is 15.1 Å². The molecule has 4 aliphatic rings. The van der Waals surface area contributed by atoms with Crippen molar-refractivity contribution in [2.75, 3.05) is 55.6 Å². The lowest BCUT2D eigenvalue weighted by molar-refractivity contribution is -0.433. The highest BCUT2D eigenvalue weighted by Gasteiger charge is 2.43. The molecule has 87 heavy (non-hydrogen) atoms. The number of hydrogen-bond acceptors (Lipinski definition) is 7. The van der Waals surface area contributed by atoms with Crippen molar-refractivity contribution >= 4 is 57.8 Å². The highest BCUT2D eigenvalue weighted by Crippen LogP contribution is 2.48. The predicted octanol–water partition coefficient (Wildman–Crippen LogP) is 14.3. The molecule has 0 spiro atoms. The van der Waals surface area contributed by atoms with Gasteiger partial charge in [0.2, 0.25) is 29.3 Å². The molecule has 0 atom stereocenters. The molecule has 10 rings (SSSR count). The van der Waals surface area contributed by atoms with Crippen molar-refractivity contribution in [2.24, 2.45) is 10.2 Å². The van der Waals surface area contributed by atoms with E-state index in [1.165, 1.54) is 33.9 Å². The summed E-state index contributed by atoms with van der Waals surface area (Å²) < 4.78 is 2.43. The standard InChI is InChI=1S/C75H82N8O4/c1-6-81-66-31-18-15-28-63(66)74(2,3)68(81)33-9-7-10-34-69-75(4,5)64-29-16-19-32-67(64)82(69)50-20-8-11-36-71(85)79-51-53-80(54-52-79)72(86)37-22-24-57-40-46-62(47-41-57)78-77-61-44-38-56(39-45-61)23-21-35-70(84)76-49-48-73(87)83-55-60-27-13-12-25-58(60)42-43-59-26-14-17-30-65(59)83/h7,9-10,12-19,25-34,38-41,44-47H,6,8,11,20-24,35-37,48-55H2,1-5H3/p+1. The Balaban J connectivity index is 0.588. The third-order valence-corrected chi connectivity index (χ3v) is 17.6. The predicted molar refractivity (Wildman–Crippen MR) is 350 cm³/mol. The van der Waals surface area contributed by atoms with E-state index in [1.54, 1.807) is 4.90 Å². The summed E-state index contributed by atoms with van der Waals surface area (Å²) in [5, 5.41) is 11.8. The largest absolute Gasteiger partial charge is 0.356 e. The average molecular weight is 1160 g/mol. The van der Waals surface area contributed by atoms with Gasteiger partial charge in [0, 0.05) is 111 Å². The van der Waals surface area contributed by atoms with E-state index in [-0.39, 0.29) is 47.4 Å². The van der Waals surface area contributed by atoms with Crippen molar-refractivity contribution in [3.05, 3.63) is 221 Å². The first-order chi connectivity index (χ1) is 42.3. The van der Waals surface area contributed by atoms with E-state index in [1.807, 2.05) is 107 Å². The van der Waals surface area contributed by atoms with E-state index in [9.17, 15) is 19.2 Å². The van der Waals surface area contributed by atoms with Crippen LogP contribution in [0.1, 0.15) is 131 Å². The van der Waals surface area contributed by atoms with Crippen molar-refractivity contribution in [3.63, 3.8) is 0 Å². The maximum atomic E-state index is 13.5. The third kappa shape index (κ3) is 14.8. The molecule has 0 saturated carbocycles. The molecule has 4 heterocycles. The van der Waals surface area contributed by atoms with Gasteiger partial charge in [-0.3, -0.25) is 19.2 Å². The number of nitrogens with zero attached hydrogens (tertiary/aromatic N) is 7. The molecular formula is C75H83N8O4+. The Morgan fingerprint density at radius 1 is 0.563 bits per heavy atom. The molecule has 12 heteroatoms. The van der Waals surface area contributed by atoms with Crippen LogP contribution in [0.5, 0.6) is 0 Å². The molecular weight excluding hydrogens is 1080 g/mol. The number of anilines is 2. The molecule has 0 bridgehead atoms. The normalized spacial score (nSPS) is 16.2. The zero-order valence-corrected chi connectivity index (χ0v) is 51.4. The van der Waals surface area contributed by atoms with Crippen LogP contribution in [0, 0.1) is 11.8 Å². The molecule has 1 fully saturated rings. The molecule has 446 valence electrons. The summed E-state index contributed by atoms with van der Waals surface area (Å²) in [6.45, 7) is 16.3. The van der Waals surface area contributed by atoms with Crippen LogP contribution in [0.3, 0.4) is 0 Å². The topological polar surface area (TPSA) is 121 Å². The van der Waals surface area contributed by atoms with Crippen LogP contribution in [0.4, 0.5) is 28.4 Å². The molecule has 0 aromatic heterocycles. The maximum Gasteiger partial charge on any atom is 0.229 e. The minimum atomic E-state index is -0.135. The lowest BCUT2D eigenvalue weighted by Gasteiger charge is -2.35. The Kier molecular flexibility index (Phi) is 20.0. The van der Waals surface area contributed by atoms with Crippen LogP contribution >= 0.6 is 0 Å². The molecule has 6 aromatic rings. The van der Waals surface area contributed by atoms with E-state index in [0.29, 0.717) is 58.4 Å². The van der Waals surface area contributed by atoms with Crippen molar-refractivity contribution < 1.29 is 23.8 Å². The number of carbonyl (C=O) groups excluding carboxylic acids is 4. The highest BCUT2D eigenvalue weighted by atomic mass is 16.2. The Labute approximate surface area is 515 Å². The quantitative estimate of drug-likeness (QED) is 0.0225. The first kappa shape index (κ1) is 61.1.